The lowest BCUT2D eigenvalue weighted by Crippen LogP contribution is -2.29. The Labute approximate surface area is 59.6 Å². The molecular weight excluding hydrogens is 130 g/mol. The summed E-state index contributed by atoms with van der Waals surface area (Å²) in [5.74, 6) is 0.670. The first-order valence-electron chi connectivity index (χ1n) is 3.60. The van der Waals surface area contributed by atoms with Gasteiger partial charge in [-0.05, 0) is 17.8 Å². The molecular formula is C7H11NO2. The minimum Gasteiger partial charge on any atom is -0.465 e. The second-order valence-electron chi connectivity index (χ2n) is 3.72. The van der Waals surface area contributed by atoms with E-state index in [1.54, 1.807) is 0 Å². The third-order valence-electron chi connectivity index (χ3n) is 2.80. The van der Waals surface area contributed by atoms with Crippen molar-refractivity contribution in [2.45, 2.75) is 13.3 Å². The van der Waals surface area contributed by atoms with Gasteiger partial charge in [-0.3, -0.25) is 0 Å². The average Bonchev–Trinajstić information content (AvgIpc) is 2.32. The van der Waals surface area contributed by atoms with Crippen LogP contribution in [0.4, 0.5) is 4.79 Å². The summed E-state index contributed by atoms with van der Waals surface area (Å²) in [6.07, 6.45) is 0.477. The molecule has 0 aromatic heterocycles. The molecule has 0 radical (unpaired) electrons. The topological polar surface area (TPSA) is 40.5 Å². The molecule has 2 atom stereocenters. The van der Waals surface area contributed by atoms with Gasteiger partial charge >= 0.3 is 6.09 Å². The first-order chi connectivity index (χ1) is 4.62. The van der Waals surface area contributed by atoms with Crippen molar-refractivity contribution in [3.8, 4) is 0 Å². The van der Waals surface area contributed by atoms with Crippen LogP contribution in [0.3, 0.4) is 0 Å². The smallest absolute Gasteiger partial charge is 0.407 e. The zero-order valence-electron chi connectivity index (χ0n) is 6.00. The molecule has 2 rings (SSSR count). The highest BCUT2D eigenvalue weighted by Gasteiger charge is 2.57. The van der Waals surface area contributed by atoms with E-state index >= 15 is 0 Å². The van der Waals surface area contributed by atoms with E-state index in [0.717, 1.165) is 13.1 Å². The molecule has 1 unspecified atom stereocenters. The number of rotatable bonds is 0. The maximum absolute atomic E-state index is 10.4. The van der Waals surface area contributed by atoms with Crippen molar-refractivity contribution in [2.24, 2.45) is 11.3 Å². The highest BCUT2D eigenvalue weighted by Crippen LogP contribution is 2.57. The van der Waals surface area contributed by atoms with E-state index in [2.05, 4.69) is 6.92 Å². The number of carboxylic acid groups (broad SMARTS) is 1. The van der Waals surface area contributed by atoms with Crippen LogP contribution in [0, 0.1) is 11.3 Å². The van der Waals surface area contributed by atoms with Crippen LogP contribution >= 0.6 is 0 Å². The Morgan fingerprint density at radius 3 is 2.80 bits per heavy atom. The lowest BCUT2D eigenvalue weighted by Gasteiger charge is -2.14. The van der Waals surface area contributed by atoms with E-state index in [0.29, 0.717) is 11.3 Å². The summed E-state index contributed by atoms with van der Waals surface area (Å²) < 4.78 is 0. The summed E-state index contributed by atoms with van der Waals surface area (Å²) in [6.45, 7) is 3.69. The number of amides is 1. The van der Waals surface area contributed by atoms with Crippen molar-refractivity contribution >= 4 is 6.09 Å². The summed E-state index contributed by atoms with van der Waals surface area (Å²) in [6, 6.07) is 0. The Morgan fingerprint density at radius 2 is 2.50 bits per heavy atom. The van der Waals surface area contributed by atoms with Gasteiger partial charge in [-0.2, -0.15) is 0 Å². The third kappa shape index (κ3) is 0.632. The van der Waals surface area contributed by atoms with Crippen molar-refractivity contribution < 1.29 is 9.90 Å². The Balaban J connectivity index is 2.04. The average molecular weight is 141 g/mol. The fourth-order valence-corrected chi connectivity index (χ4v) is 1.89. The predicted octanol–water partition coefficient (Wildman–Crippen LogP) is 1.01. The van der Waals surface area contributed by atoms with Crippen LogP contribution in [0.15, 0.2) is 0 Å². The molecule has 3 heteroatoms. The minimum absolute atomic E-state index is 0.360. The molecule has 1 saturated heterocycles. The first kappa shape index (κ1) is 6.01. The Bertz CT molecular complexity index is 192. The van der Waals surface area contributed by atoms with Gasteiger partial charge in [-0.25, -0.2) is 4.79 Å². The van der Waals surface area contributed by atoms with Crippen molar-refractivity contribution in [3.63, 3.8) is 0 Å². The van der Waals surface area contributed by atoms with Crippen molar-refractivity contribution in [1.82, 2.24) is 4.90 Å². The quantitative estimate of drug-likeness (QED) is 0.546. The van der Waals surface area contributed by atoms with Gasteiger partial charge < -0.3 is 10.0 Å². The molecule has 0 aromatic carbocycles. The van der Waals surface area contributed by atoms with Crippen molar-refractivity contribution in [1.29, 1.82) is 0 Å². The van der Waals surface area contributed by atoms with Gasteiger partial charge in [0, 0.05) is 13.1 Å². The summed E-state index contributed by atoms with van der Waals surface area (Å²) in [5.41, 5.74) is 0.360. The third-order valence-corrected chi connectivity index (χ3v) is 2.80. The fourth-order valence-electron chi connectivity index (χ4n) is 1.89. The number of fused-ring (bicyclic) bond motifs is 1. The Kier molecular flexibility index (Phi) is 0.881. The van der Waals surface area contributed by atoms with Gasteiger partial charge in [0.05, 0.1) is 0 Å². The van der Waals surface area contributed by atoms with Gasteiger partial charge in [-0.15, -0.1) is 0 Å². The Hall–Kier alpha value is -0.730. The van der Waals surface area contributed by atoms with Crippen LogP contribution in [-0.2, 0) is 0 Å². The van der Waals surface area contributed by atoms with Gasteiger partial charge in [0.2, 0.25) is 0 Å². The van der Waals surface area contributed by atoms with Crippen LogP contribution in [-0.4, -0.2) is 29.2 Å². The number of carbonyl (C=O) groups is 1. The molecule has 2 fully saturated rings. The molecule has 0 aromatic rings. The number of hydrogen-bond donors (Lipinski definition) is 1. The summed E-state index contributed by atoms with van der Waals surface area (Å²) in [4.78, 5) is 12.0. The lowest BCUT2D eigenvalue weighted by atomic mass is 10.1. The van der Waals surface area contributed by atoms with Crippen LogP contribution in [0.1, 0.15) is 13.3 Å². The standard InChI is InChI=1S/C7H11NO2/c1-7-2-5(7)3-8(4-7)6(9)10/h5H,2-4H2,1H3,(H,9,10)/t5?,7-/m0/s1. The molecule has 1 heterocycles. The second kappa shape index (κ2) is 1.47. The molecule has 0 spiro atoms. The van der Waals surface area contributed by atoms with E-state index in [-0.39, 0.29) is 0 Å². The highest BCUT2D eigenvalue weighted by atomic mass is 16.4. The monoisotopic (exact) mass is 141 g/mol. The SMILES string of the molecule is C[C@@]12CC1CN(C(=O)O)C2. The lowest BCUT2D eigenvalue weighted by molar-refractivity contribution is 0.148. The maximum atomic E-state index is 10.4. The van der Waals surface area contributed by atoms with Crippen molar-refractivity contribution in [3.05, 3.63) is 0 Å². The molecule has 56 valence electrons. The maximum Gasteiger partial charge on any atom is 0.407 e. The van der Waals surface area contributed by atoms with Crippen LogP contribution in [0.25, 0.3) is 0 Å². The van der Waals surface area contributed by atoms with Gasteiger partial charge in [0.25, 0.3) is 0 Å². The number of likely N-dealkylation sites (tertiary alicyclic amines) is 1. The van der Waals surface area contributed by atoms with Gasteiger partial charge in [-0.1, -0.05) is 6.92 Å². The fraction of sp³-hybridized carbons (Fsp3) is 0.857. The van der Waals surface area contributed by atoms with Crippen LogP contribution in [0.2, 0.25) is 0 Å². The minimum atomic E-state index is -0.756. The molecule has 1 N–H and O–H groups in total. The van der Waals surface area contributed by atoms with E-state index in [9.17, 15) is 4.79 Å². The van der Waals surface area contributed by atoms with Gasteiger partial charge in [0.1, 0.15) is 0 Å². The molecule has 10 heavy (non-hydrogen) atoms. The molecule has 1 saturated carbocycles. The number of piperidine rings is 1. The zero-order chi connectivity index (χ0) is 7.35. The first-order valence-corrected chi connectivity index (χ1v) is 3.60. The molecule has 3 nitrogen and oxygen atoms in total. The van der Waals surface area contributed by atoms with E-state index in [1.165, 1.54) is 11.3 Å². The molecule has 1 amide bonds. The van der Waals surface area contributed by atoms with Gasteiger partial charge in [0.15, 0.2) is 0 Å². The number of nitrogens with zero attached hydrogens (tertiary/aromatic N) is 1. The van der Waals surface area contributed by atoms with E-state index < -0.39 is 6.09 Å². The summed E-state index contributed by atoms with van der Waals surface area (Å²) >= 11 is 0. The number of hydrogen-bond acceptors (Lipinski definition) is 1. The highest BCUT2D eigenvalue weighted by molar-refractivity contribution is 5.66. The van der Waals surface area contributed by atoms with Crippen LogP contribution < -0.4 is 0 Å². The van der Waals surface area contributed by atoms with Crippen LogP contribution in [0.5, 0.6) is 0 Å². The van der Waals surface area contributed by atoms with Crippen molar-refractivity contribution in [2.75, 3.05) is 13.1 Å². The largest absolute Gasteiger partial charge is 0.465 e. The summed E-state index contributed by atoms with van der Waals surface area (Å²) in [5, 5.41) is 8.59. The predicted molar refractivity (Wildman–Crippen MR) is 35.8 cm³/mol. The van der Waals surface area contributed by atoms with E-state index in [4.69, 9.17) is 5.11 Å². The molecule has 1 aliphatic heterocycles. The molecule has 2 aliphatic rings. The molecule has 0 bridgehead atoms. The molecule has 1 aliphatic carbocycles. The summed E-state index contributed by atoms with van der Waals surface area (Å²) in [7, 11) is 0. The van der Waals surface area contributed by atoms with E-state index in [1.807, 2.05) is 0 Å². The normalized spacial score (nSPS) is 43.3. The Morgan fingerprint density at radius 1 is 1.80 bits per heavy atom. The zero-order valence-corrected chi connectivity index (χ0v) is 6.00. The second-order valence-corrected chi connectivity index (χ2v) is 3.72.